The van der Waals surface area contributed by atoms with E-state index in [1.807, 2.05) is 23.9 Å². The van der Waals surface area contributed by atoms with E-state index >= 15 is 0 Å². The highest BCUT2D eigenvalue weighted by Crippen LogP contribution is 2.28. The van der Waals surface area contributed by atoms with Crippen LogP contribution in [0.2, 0.25) is 0 Å². The van der Waals surface area contributed by atoms with Crippen molar-refractivity contribution in [1.82, 2.24) is 5.32 Å². The van der Waals surface area contributed by atoms with Crippen molar-refractivity contribution in [3.8, 4) is 0 Å². The maximum atomic E-state index is 5.65. The summed E-state index contributed by atoms with van der Waals surface area (Å²) in [5.74, 6) is 1.08. The average Bonchev–Trinajstić information content (AvgIpc) is 2.15. The van der Waals surface area contributed by atoms with Gasteiger partial charge in [-0.3, -0.25) is 0 Å². The summed E-state index contributed by atoms with van der Waals surface area (Å²) < 4.78 is 1.08. The number of nitrogens with one attached hydrogen (secondary N) is 1. The first-order valence-corrected chi connectivity index (χ1v) is 6.40. The SMILES string of the molecule is CCNCCSc1ccc(N)cc1Br. The Morgan fingerprint density at radius 1 is 1.50 bits per heavy atom. The molecule has 0 saturated heterocycles. The Labute approximate surface area is 97.8 Å². The zero-order valence-corrected chi connectivity index (χ0v) is 10.6. The monoisotopic (exact) mass is 274 g/mol. The Morgan fingerprint density at radius 2 is 2.29 bits per heavy atom. The number of benzene rings is 1. The molecule has 0 unspecified atom stereocenters. The minimum Gasteiger partial charge on any atom is -0.399 e. The second-order valence-corrected chi connectivity index (χ2v) is 4.88. The van der Waals surface area contributed by atoms with Gasteiger partial charge in [0, 0.05) is 27.4 Å². The van der Waals surface area contributed by atoms with Crippen LogP contribution in [-0.4, -0.2) is 18.8 Å². The average molecular weight is 275 g/mol. The van der Waals surface area contributed by atoms with Crippen LogP contribution in [0.25, 0.3) is 0 Å². The van der Waals surface area contributed by atoms with Crippen LogP contribution in [0.3, 0.4) is 0 Å². The summed E-state index contributed by atoms with van der Waals surface area (Å²) in [5.41, 5.74) is 6.45. The van der Waals surface area contributed by atoms with Crippen LogP contribution in [0.15, 0.2) is 27.6 Å². The molecule has 14 heavy (non-hydrogen) atoms. The summed E-state index contributed by atoms with van der Waals surface area (Å²) >= 11 is 5.33. The number of hydrogen-bond acceptors (Lipinski definition) is 3. The zero-order valence-electron chi connectivity index (χ0n) is 8.22. The van der Waals surface area contributed by atoms with Crippen molar-refractivity contribution in [1.29, 1.82) is 0 Å². The van der Waals surface area contributed by atoms with Crippen molar-refractivity contribution in [2.24, 2.45) is 0 Å². The van der Waals surface area contributed by atoms with Gasteiger partial charge in [0.05, 0.1) is 0 Å². The molecule has 0 aromatic heterocycles. The van der Waals surface area contributed by atoms with Crippen molar-refractivity contribution in [3.63, 3.8) is 0 Å². The second-order valence-electron chi connectivity index (χ2n) is 2.89. The molecule has 2 nitrogen and oxygen atoms in total. The topological polar surface area (TPSA) is 38.0 Å². The minimum absolute atomic E-state index is 0.799. The van der Waals surface area contributed by atoms with E-state index < -0.39 is 0 Å². The van der Waals surface area contributed by atoms with Gasteiger partial charge in [-0.05, 0) is 40.7 Å². The van der Waals surface area contributed by atoms with E-state index in [-0.39, 0.29) is 0 Å². The standard InChI is InChI=1S/C10H15BrN2S/c1-2-13-5-6-14-10-4-3-8(12)7-9(10)11/h3-4,7,13H,2,5-6,12H2,1H3. The fourth-order valence-electron chi connectivity index (χ4n) is 1.04. The highest BCUT2D eigenvalue weighted by atomic mass is 79.9. The molecule has 0 radical (unpaired) electrons. The molecule has 78 valence electrons. The molecule has 0 aliphatic rings. The molecule has 1 aromatic rings. The van der Waals surface area contributed by atoms with Crippen LogP contribution in [0.4, 0.5) is 5.69 Å². The van der Waals surface area contributed by atoms with Gasteiger partial charge in [-0.25, -0.2) is 0 Å². The smallest absolute Gasteiger partial charge is 0.0331 e. The summed E-state index contributed by atoms with van der Waals surface area (Å²) in [5, 5.41) is 3.29. The predicted octanol–water partition coefficient (Wildman–Crippen LogP) is 2.73. The Balaban J connectivity index is 2.42. The van der Waals surface area contributed by atoms with Crippen LogP contribution in [0.1, 0.15) is 6.92 Å². The maximum Gasteiger partial charge on any atom is 0.0331 e. The second kappa shape index (κ2) is 6.32. The van der Waals surface area contributed by atoms with Gasteiger partial charge in [-0.1, -0.05) is 6.92 Å². The number of thioether (sulfide) groups is 1. The number of hydrogen-bond donors (Lipinski definition) is 2. The van der Waals surface area contributed by atoms with Crippen LogP contribution >= 0.6 is 27.7 Å². The first kappa shape index (κ1) is 11.9. The van der Waals surface area contributed by atoms with E-state index in [1.165, 1.54) is 4.90 Å². The van der Waals surface area contributed by atoms with Crippen molar-refractivity contribution >= 4 is 33.4 Å². The van der Waals surface area contributed by atoms with Gasteiger partial charge < -0.3 is 11.1 Å². The molecular formula is C10H15BrN2S. The molecule has 0 heterocycles. The zero-order chi connectivity index (χ0) is 10.4. The fourth-order valence-corrected chi connectivity index (χ4v) is 2.61. The number of halogens is 1. The summed E-state index contributed by atoms with van der Waals surface area (Å²) in [6.07, 6.45) is 0. The Morgan fingerprint density at radius 3 is 2.93 bits per heavy atom. The van der Waals surface area contributed by atoms with Crippen molar-refractivity contribution < 1.29 is 0 Å². The molecule has 1 rings (SSSR count). The molecule has 0 aliphatic carbocycles. The predicted molar refractivity (Wildman–Crippen MR) is 67.8 cm³/mol. The molecule has 4 heteroatoms. The van der Waals surface area contributed by atoms with Crippen molar-refractivity contribution in [3.05, 3.63) is 22.7 Å². The van der Waals surface area contributed by atoms with Gasteiger partial charge in [0.25, 0.3) is 0 Å². The molecule has 0 fully saturated rings. The van der Waals surface area contributed by atoms with Crippen LogP contribution in [-0.2, 0) is 0 Å². The molecule has 0 atom stereocenters. The fraction of sp³-hybridized carbons (Fsp3) is 0.400. The Hall–Kier alpha value is -0.190. The van der Waals surface area contributed by atoms with Crippen molar-refractivity contribution in [2.75, 3.05) is 24.6 Å². The number of rotatable bonds is 5. The summed E-state index contributed by atoms with van der Waals surface area (Å²) in [6, 6.07) is 5.92. The number of anilines is 1. The quantitative estimate of drug-likeness (QED) is 0.493. The summed E-state index contributed by atoms with van der Waals surface area (Å²) in [7, 11) is 0. The van der Waals surface area contributed by atoms with Crippen molar-refractivity contribution in [2.45, 2.75) is 11.8 Å². The largest absolute Gasteiger partial charge is 0.399 e. The molecule has 1 aromatic carbocycles. The molecular weight excluding hydrogens is 260 g/mol. The van der Waals surface area contributed by atoms with E-state index in [1.54, 1.807) is 0 Å². The molecule has 0 bridgehead atoms. The van der Waals surface area contributed by atoms with E-state index in [0.717, 1.165) is 29.0 Å². The van der Waals surface area contributed by atoms with Crippen LogP contribution in [0.5, 0.6) is 0 Å². The van der Waals surface area contributed by atoms with Gasteiger partial charge in [0.15, 0.2) is 0 Å². The van der Waals surface area contributed by atoms with Crippen LogP contribution < -0.4 is 11.1 Å². The minimum atomic E-state index is 0.799. The number of nitrogens with two attached hydrogens (primary N) is 1. The highest BCUT2D eigenvalue weighted by molar-refractivity contribution is 9.10. The van der Waals surface area contributed by atoms with Gasteiger partial charge in [-0.15, -0.1) is 11.8 Å². The third-order valence-corrected chi connectivity index (χ3v) is 3.74. The Bertz CT molecular complexity index is 291. The third kappa shape index (κ3) is 3.90. The lowest BCUT2D eigenvalue weighted by Crippen LogP contribution is -2.15. The summed E-state index contributed by atoms with van der Waals surface area (Å²) in [6.45, 7) is 4.19. The third-order valence-electron chi connectivity index (χ3n) is 1.74. The van der Waals surface area contributed by atoms with E-state index in [0.29, 0.717) is 0 Å². The van der Waals surface area contributed by atoms with Gasteiger partial charge >= 0.3 is 0 Å². The normalized spacial score (nSPS) is 10.4. The lowest BCUT2D eigenvalue weighted by Gasteiger charge is -2.05. The first-order valence-electron chi connectivity index (χ1n) is 4.62. The summed E-state index contributed by atoms with van der Waals surface area (Å²) in [4.78, 5) is 1.25. The molecule has 0 saturated carbocycles. The number of nitrogen functional groups attached to an aromatic ring is 1. The molecule has 0 amide bonds. The highest BCUT2D eigenvalue weighted by Gasteiger charge is 2.00. The lowest BCUT2D eigenvalue weighted by atomic mass is 10.3. The van der Waals surface area contributed by atoms with E-state index in [2.05, 4.69) is 34.2 Å². The molecule has 0 spiro atoms. The Kier molecular flexibility index (Phi) is 5.37. The van der Waals surface area contributed by atoms with Crippen LogP contribution in [0, 0.1) is 0 Å². The van der Waals surface area contributed by atoms with E-state index in [9.17, 15) is 0 Å². The van der Waals surface area contributed by atoms with E-state index in [4.69, 9.17) is 5.73 Å². The van der Waals surface area contributed by atoms with Gasteiger partial charge in [0.1, 0.15) is 0 Å². The maximum absolute atomic E-state index is 5.65. The van der Waals surface area contributed by atoms with Gasteiger partial charge in [0.2, 0.25) is 0 Å². The molecule has 3 N–H and O–H groups in total. The first-order chi connectivity index (χ1) is 6.74. The lowest BCUT2D eigenvalue weighted by molar-refractivity contribution is 0.768. The van der Waals surface area contributed by atoms with Gasteiger partial charge in [-0.2, -0.15) is 0 Å². The molecule has 0 aliphatic heterocycles.